The van der Waals surface area contributed by atoms with E-state index in [2.05, 4.69) is 31.1 Å². The number of nitrogens with one attached hydrogen (secondary N) is 2. The van der Waals surface area contributed by atoms with Gasteiger partial charge in [-0.15, -0.1) is 0 Å². The minimum atomic E-state index is -0.301. The number of aromatic nitrogens is 1. The van der Waals surface area contributed by atoms with Gasteiger partial charge in [-0.2, -0.15) is 0 Å². The van der Waals surface area contributed by atoms with Gasteiger partial charge in [0.2, 0.25) is 0 Å². The van der Waals surface area contributed by atoms with Gasteiger partial charge in [-0.25, -0.2) is 0 Å². The van der Waals surface area contributed by atoms with Gasteiger partial charge in [-0.05, 0) is 67.9 Å². The third-order valence-corrected chi connectivity index (χ3v) is 6.79. The Morgan fingerprint density at radius 3 is 2.56 bits per heavy atom. The predicted octanol–water partition coefficient (Wildman–Crippen LogP) is 5.65. The van der Waals surface area contributed by atoms with Crippen molar-refractivity contribution in [3.05, 3.63) is 39.6 Å². The first-order valence-electron chi connectivity index (χ1n) is 10.4. The lowest BCUT2D eigenvalue weighted by atomic mass is 9.71. The summed E-state index contributed by atoms with van der Waals surface area (Å²) in [5.74, 6) is 0.825. The Bertz CT molecular complexity index is 841. The third kappa shape index (κ3) is 3.62. The van der Waals surface area contributed by atoms with Crippen molar-refractivity contribution in [2.75, 3.05) is 0 Å². The van der Waals surface area contributed by atoms with Crippen LogP contribution >= 0.6 is 0 Å². The first kappa shape index (κ1) is 18.5. The maximum absolute atomic E-state index is 11.1. The summed E-state index contributed by atoms with van der Waals surface area (Å²) < 4.78 is 0. The molecule has 4 rings (SSSR count). The lowest BCUT2D eigenvalue weighted by Crippen LogP contribution is -2.39. The largest absolute Gasteiger partial charge is 0.357 e. The summed E-state index contributed by atoms with van der Waals surface area (Å²) in [7, 11) is 0. The fourth-order valence-corrected chi connectivity index (χ4v) is 5.14. The van der Waals surface area contributed by atoms with Crippen LogP contribution in [-0.2, 0) is 6.42 Å². The number of H-pyrrole nitrogens is 1. The molecule has 1 atom stereocenters. The second kappa shape index (κ2) is 6.93. The number of fused-ring (bicyclic) bond motifs is 3. The van der Waals surface area contributed by atoms with Gasteiger partial charge in [0, 0.05) is 40.8 Å². The first-order valence-corrected chi connectivity index (χ1v) is 10.4. The van der Waals surface area contributed by atoms with Crippen molar-refractivity contribution in [1.82, 2.24) is 10.3 Å². The summed E-state index contributed by atoms with van der Waals surface area (Å²) in [5.41, 5.74) is 4.15. The SMILES string of the molecule is CC(C)(C)C1CCC(N[C@@H]2CCCc3c2[nH]c2ccc([N+](=O)[O-])cc32)CC1. The zero-order chi connectivity index (χ0) is 19.2. The molecular formula is C22H31N3O2. The van der Waals surface area contributed by atoms with E-state index in [9.17, 15) is 10.1 Å². The molecule has 0 saturated heterocycles. The van der Waals surface area contributed by atoms with Crippen molar-refractivity contribution in [2.24, 2.45) is 11.3 Å². The molecule has 2 aromatic rings. The quantitative estimate of drug-likeness (QED) is 0.542. The van der Waals surface area contributed by atoms with Crippen LogP contribution < -0.4 is 5.32 Å². The van der Waals surface area contributed by atoms with Gasteiger partial charge in [0.1, 0.15) is 0 Å². The fourth-order valence-electron chi connectivity index (χ4n) is 5.14. The topological polar surface area (TPSA) is 71.0 Å². The summed E-state index contributed by atoms with van der Waals surface area (Å²) in [6.07, 6.45) is 8.39. The maximum Gasteiger partial charge on any atom is 0.270 e. The highest BCUT2D eigenvalue weighted by Crippen LogP contribution is 2.40. The Labute approximate surface area is 161 Å². The second-order valence-corrected chi connectivity index (χ2v) is 9.53. The number of benzene rings is 1. The van der Waals surface area contributed by atoms with Gasteiger partial charge in [-0.3, -0.25) is 10.1 Å². The van der Waals surface area contributed by atoms with E-state index in [-0.39, 0.29) is 10.6 Å². The Morgan fingerprint density at radius 1 is 1.15 bits per heavy atom. The van der Waals surface area contributed by atoms with Gasteiger partial charge < -0.3 is 10.3 Å². The molecule has 0 unspecified atom stereocenters. The number of non-ortho nitro benzene ring substituents is 1. The molecule has 1 heterocycles. The summed E-state index contributed by atoms with van der Waals surface area (Å²) in [6, 6.07) is 6.12. The van der Waals surface area contributed by atoms with Crippen molar-refractivity contribution in [3.63, 3.8) is 0 Å². The summed E-state index contributed by atoms with van der Waals surface area (Å²) in [5, 5.41) is 16.1. The first-order chi connectivity index (χ1) is 12.8. The molecule has 1 saturated carbocycles. The lowest BCUT2D eigenvalue weighted by molar-refractivity contribution is -0.384. The molecule has 5 nitrogen and oxygen atoms in total. The smallest absolute Gasteiger partial charge is 0.270 e. The van der Waals surface area contributed by atoms with Crippen LogP contribution in [0.1, 0.15) is 76.6 Å². The molecule has 2 aliphatic carbocycles. The lowest BCUT2D eigenvalue weighted by Gasteiger charge is -2.39. The Kier molecular flexibility index (Phi) is 4.75. The van der Waals surface area contributed by atoms with E-state index in [4.69, 9.17) is 0 Å². The number of nitro groups is 1. The number of aromatic amines is 1. The molecule has 0 amide bonds. The zero-order valence-electron chi connectivity index (χ0n) is 16.7. The number of hydrogen-bond acceptors (Lipinski definition) is 3. The highest BCUT2D eigenvalue weighted by Gasteiger charge is 2.32. The zero-order valence-corrected chi connectivity index (χ0v) is 16.7. The average molecular weight is 370 g/mol. The minimum absolute atomic E-state index is 0.180. The van der Waals surface area contributed by atoms with Crippen molar-refractivity contribution in [2.45, 2.75) is 77.8 Å². The van der Waals surface area contributed by atoms with Crippen LogP contribution in [0, 0.1) is 21.4 Å². The van der Waals surface area contributed by atoms with Crippen LogP contribution in [0.15, 0.2) is 18.2 Å². The summed E-state index contributed by atoms with van der Waals surface area (Å²) >= 11 is 0. The molecule has 0 radical (unpaired) electrons. The van der Waals surface area contributed by atoms with Crippen molar-refractivity contribution < 1.29 is 4.92 Å². The van der Waals surface area contributed by atoms with Crippen molar-refractivity contribution >= 4 is 16.6 Å². The van der Waals surface area contributed by atoms with E-state index in [1.165, 1.54) is 36.9 Å². The van der Waals surface area contributed by atoms with Crippen LogP contribution in [0.3, 0.4) is 0 Å². The van der Waals surface area contributed by atoms with Crippen LogP contribution in [0.4, 0.5) is 5.69 Å². The predicted molar refractivity (Wildman–Crippen MR) is 109 cm³/mol. The molecular weight excluding hydrogens is 338 g/mol. The van der Waals surface area contributed by atoms with E-state index in [1.54, 1.807) is 12.1 Å². The van der Waals surface area contributed by atoms with Crippen molar-refractivity contribution in [1.29, 1.82) is 0 Å². The van der Waals surface area contributed by atoms with E-state index in [0.29, 0.717) is 17.5 Å². The molecule has 146 valence electrons. The van der Waals surface area contributed by atoms with Crippen LogP contribution in [-0.4, -0.2) is 15.9 Å². The summed E-state index contributed by atoms with van der Waals surface area (Å²) in [4.78, 5) is 14.4. The number of nitrogens with zero attached hydrogens (tertiary/aromatic N) is 1. The van der Waals surface area contributed by atoms with Gasteiger partial charge >= 0.3 is 0 Å². The highest BCUT2D eigenvalue weighted by molar-refractivity contribution is 5.87. The molecule has 2 N–H and O–H groups in total. The van der Waals surface area contributed by atoms with Gasteiger partial charge in [0.25, 0.3) is 5.69 Å². The number of nitro benzene ring substituents is 1. The van der Waals surface area contributed by atoms with Gasteiger partial charge in [-0.1, -0.05) is 20.8 Å². The average Bonchev–Trinajstić information content (AvgIpc) is 3.00. The van der Waals surface area contributed by atoms with Crippen LogP contribution in [0.5, 0.6) is 0 Å². The molecule has 2 aliphatic rings. The highest BCUT2D eigenvalue weighted by atomic mass is 16.6. The Hall–Kier alpha value is -1.88. The number of rotatable bonds is 3. The monoisotopic (exact) mass is 369 g/mol. The van der Waals surface area contributed by atoms with E-state index in [1.807, 2.05) is 6.07 Å². The fraction of sp³-hybridized carbons (Fsp3) is 0.636. The Morgan fingerprint density at radius 2 is 1.89 bits per heavy atom. The van der Waals surface area contributed by atoms with E-state index >= 15 is 0 Å². The maximum atomic E-state index is 11.1. The number of hydrogen-bond donors (Lipinski definition) is 2. The third-order valence-electron chi connectivity index (χ3n) is 6.79. The van der Waals surface area contributed by atoms with E-state index in [0.717, 1.165) is 36.1 Å². The Balaban J connectivity index is 1.52. The molecule has 1 aromatic carbocycles. The summed E-state index contributed by atoms with van der Waals surface area (Å²) in [6.45, 7) is 7.09. The van der Waals surface area contributed by atoms with Crippen LogP contribution in [0.25, 0.3) is 10.9 Å². The molecule has 1 fully saturated rings. The van der Waals surface area contributed by atoms with Crippen LogP contribution in [0.2, 0.25) is 0 Å². The standard InChI is InChI=1S/C22H31N3O2/c1-22(2,3)14-7-9-15(10-8-14)23-20-6-4-5-17-18-13-16(25(26)27)11-12-19(18)24-21(17)20/h11-15,20,23-24H,4-10H2,1-3H3/t14?,15?,20-/m1/s1. The molecule has 0 bridgehead atoms. The molecule has 0 aliphatic heterocycles. The van der Waals surface area contributed by atoms with Gasteiger partial charge in [0.05, 0.1) is 4.92 Å². The second-order valence-electron chi connectivity index (χ2n) is 9.53. The minimum Gasteiger partial charge on any atom is -0.357 e. The van der Waals surface area contributed by atoms with E-state index < -0.39 is 0 Å². The molecule has 1 aromatic heterocycles. The molecule has 5 heteroatoms. The normalized spacial score (nSPS) is 26.1. The van der Waals surface area contributed by atoms with Crippen molar-refractivity contribution in [3.8, 4) is 0 Å². The molecule has 0 spiro atoms. The van der Waals surface area contributed by atoms with Gasteiger partial charge in [0.15, 0.2) is 0 Å². The number of aryl methyl sites for hydroxylation is 1. The molecule has 27 heavy (non-hydrogen) atoms.